The highest BCUT2D eigenvalue weighted by Gasteiger charge is 2.17. The number of hydrogen-bond acceptors (Lipinski definition) is 4. The number of methoxy groups -OCH3 is 1. The zero-order valence-corrected chi connectivity index (χ0v) is 18.5. The molecule has 1 heterocycles. The van der Waals surface area contributed by atoms with Gasteiger partial charge < -0.3 is 25.0 Å². The van der Waals surface area contributed by atoms with Crippen LogP contribution in [0.2, 0.25) is 0 Å². The molecule has 0 spiro atoms. The van der Waals surface area contributed by atoms with Crippen LogP contribution in [0.5, 0.6) is 5.75 Å². The maximum atomic E-state index is 12.1. The van der Waals surface area contributed by atoms with E-state index in [1.807, 2.05) is 36.1 Å². The first kappa shape index (κ1) is 23.5. The second-order valence-electron chi connectivity index (χ2n) is 6.12. The zero-order chi connectivity index (χ0) is 18.6. The average Bonchev–Trinajstić information content (AvgIpc) is 3.20. The molecule has 2 N–H and O–H groups in total. The van der Waals surface area contributed by atoms with Crippen molar-refractivity contribution in [2.45, 2.75) is 26.3 Å². The van der Waals surface area contributed by atoms with Crippen LogP contribution in [0.25, 0.3) is 0 Å². The van der Waals surface area contributed by atoms with Gasteiger partial charge in [0.25, 0.3) is 0 Å². The first-order valence-corrected chi connectivity index (χ1v) is 9.23. The molecule has 0 aromatic heterocycles. The molecule has 0 saturated carbocycles. The van der Waals surface area contributed by atoms with Gasteiger partial charge in [-0.2, -0.15) is 0 Å². The minimum atomic E-state index is 0. The second-order valence-corrected chi connectivity index (χ2v) is 6.12. The fraction of sp³-hybridized carbons (Fsp3) is 0.579. The number of benzene rings is 1. The minimum absolute atomic E-state index is 0. The van der Waals surface area contributed by atoms with E-state index in [1.54, 1.807) is 7.11 Å². The summed E-state index contributed by atoms with van der Waals surface area (Å²) in [6, 6.07) is 7.84. The lowest BCUT2D eigenvalue weighted by atomic mass is 10.2. The number of carbonyl (C=O) groups is 1. The summed E-state index contributed by atoms with van der Waals surface area (Å²) >= 11 is 0. The van der Waals surface area contributed by atoms with Crippen LogP contribution in [0, 0.1) is 0 Å². The molecule has 1 aromatic rings. The lowest BCUT2D eigenvalue weighted by Crippen LogP contribution is -2.44. The number of nitrogens with one attached hydrogen (secondary N) is 2. The number of ether oxygens (including phenoxy) is 2. The molecular weight excluding hydrogens is 459 g/mol. The molecule has 1 amide bonds. The van der Waals surface area contributed by atoms with Crippen LogP contribution in [-0.4, -0.2) is 63.3 Å². The summed E-state index contributed by atoms with van der Waals surface area (Å²) in [7, 11) is 1.65. The van der Waals surface area contributed by atoms with Crippen LogP contribution in [0.15, 0.2) is 29.3 Å². The molecule has 0 unspecified atom stereocenters. The third-order valence-electron chi connectivity index (χ3n) is 4.11. The van der Waals surface area contributed by atoms with Gasteiger partial charge >= 0.3 is 0 Å². The van der Waals surface area contributed by atoms with E-state index in [1.165, 1.54) is 0 Å². The van der Waals surface area contributed by atoms with Crippen molar-refractivity contribution >= 4 is 35.8 Å². The van der Waals surface area contributed by atoms with Crippen molar-refractivity contribution in [1.29, 1.82) is 0 Å². The fourth-order valence-corrected chi connectivity index (χ4v) is 2.68. The second kappa shape index (κ2) is 13.6. The van der Waals surface area contributed by atoms with Crippen molar-refractivity contribution in [3.63, 3.8) is 0 Å². The van der Waals surface area contributed by atoms with E-state index < -0.39 is 0 Å². The topological polar surface area (TPSA) is 75.2 Å². The number of halogens is 1. The Labute approximate surface area is 178 Å². The van der Waals surface area contributed by atoms with Crippen LogP contribution in [0.3, 0.4) is 0 Å². The zero-order valence-electron chi connectivity index (χ0n) is 16.2. The molecule has 0 bridgehead atoms. The Morgan fingerprint density at radius 2 is 1.85 bits per heavy atom. The van der Waals surface area contributed by atoms with Crippen molar-refractivity contribution in [2.75, 3.05) is 46.5 Å². The highest BCUT2D eigenvalue weighted by atomic mass is 127. The predicted molar refractivity (Wildman–Crippen MR) is 118 cm³/mol. The van der Waals surface area contributed by atoms with E-state index in [4.69, 9.17) is 9.47 Å². The van der Waals surface area contributed by atoms with Gasteiger partial charge in [-0.05, 0) is 37.5 Å². The van der Waals surface area contributed by atoms with Gasteiger partial charge in [0.15, 0.2) is 5.96 Å². The lowest BCUT2D eigenvalue weighted by Gasteiger charge is -2.17. The van der Waals surface area contributed by atoms with E-state index in [-0.39, 0.29) is 36.4 Å². The Hall–Kier alpha value is -1.55. The molecule has 0 aliphatic carbocycles. The standard InChI is InChI=1S/C19H30N4O3.HI/c1-3-20-19(22-15-18(24)23-10-4-5-11-23)21-14-16-6-8-17(9-7-16)26-13-12-25-2;/h6-9H,3-5,10-15H2,1-2H3,(H2,20,21,22);1H. The minimum Gasteiger partial charge on any atom is -0.491 e. The van der Waals surface area contributed by atoms with E-state index in [0.717, 1.165) is 43.8 Å². The quantitative estimate of drug-likeness (QED) is 0.240. The molecule has 1 fully saturated rings. The highest BCUT2D eigenvalue weighted by Crippen LogP contribution is 2.12. The van der Waals surface area contributed by atoms with Crippen LogP contribution in [0.4, 0.5) is 0 Å². The highest BCUT2D eigenvalue weighted by molar-refractivity contribution is 14.0. The smallest absolute Gasteiger partial charge is 0.241 e. The normalized spacial score (nSPS) is 13.9. The van der Waals surface area contributed by atoms with Gasteiger partial charge in [0.05, 0.1) is 19.7 Å². The largest absolute Gasteiger partial charge is 0.491 e. The molecule has 0 atom stereocenters. The van der Waals surface area contributed by atoms with E-state index in [0.29, 0.717) is 25.7 Å². The molecule has 152 valence electrons. The summed E-state index contributed by atoms with van der Waals surface area (Å²) in [5, 5.41) is 6.30. The van der Waals surface area contributed by atoms with Crippen molar-refractivity contribution in [3.8, 4) is 5.75 Å². The molecule has 2 rings (SSSR count). The molecule has 1 saturated heterocycles. The number of rotatable bonds is 9. The Kier molecular flexibility index (Phi) is 11.8. The summed E-state index contributed by atoms with van der Waals surface area (Å²) in [6.45, 7) is 6.40. The Bertz CT molecular complexity index is 575. The van der Waals surface area contributed by atoms with Crippen molar-refractivity contribution in [3.05, 3.63) is 29.8 Å². The van der Waals surface area contributed by atoms with Gasteiger partial charge in [-0.1, -0.05) is 12.1 Å². The van der Waals surface area contributed by atoms with E-state index in [9.17, 15) is 4.79 Å². The number of likely N-dealkylation sites (tertiary alicyclic amines) is 1. The third kappa shape index (κ3) is 8.79. The summed E-state index contributed by atoms with van der Waals surface area (Å²) in [4.78, 5) is 18.6. The van der Waals surface area contributed by atoms with Crippen molar-refractivity contribution in [2.24, 2.45) is 4.99 Å². The average molecular weight is 490 g/mol. The molecule has 1 aromatic carbocycles. The SMILES string of the molecule is CCNC(=NCc1ccc(OCCOC)cc1)NCC(=O)N1CCCC1.I. The predicted octanol–water partition coefficient (Wildman–Crippen LogP) is 2.01. The molecule has 27 heavy (non-hydrogen) atoms. The number of nitrogens with zero attached hydrogens (tertiary/aromatic N) is 2. The molecule has 8 heteroatoms. The maximum absolute atomic E-state index is 12.1. The van der Waals surface area contributed by atoms with Crippen LogP contribution in [-0.2, 0) is 16.1 Å². The molecule has 1 aliphatic heterocycles. The van der Waals surface area contributed by atoms with Crippen LogP contribution < -0.4 is 15.4 Å². The maximum Gasteiger partial charge on any atom is 0.241 e. The number of aliphatic imine (C=N–C) groups is 1. The molecular formula is C19H31IN4O3. The van der Waals surface area contributed by atoms with Crippen molar-refractivity contribution in [1.82, 2.24) is 15.5 Å². The van der Waals surface area contributed by atoms with Gasteiger partial charge in [-0.3, -0.25) is 4.79 Å². The molecule has 0 radical (unpaired) electrons. The number of amides is 1. The van der Waals surface area contributed by atoms with Crippen LogP contribution >= 0.6 is 24.0 Å². The van der Waals surface area contributed by atoms with E-state index >= 15 is 0 Å². The van der Waals surface area contributed by atoms with Gasteiger partial charge in [0, 0.05) is 26.7 Å². The fourth-order valence-electron chi connectivity index (χ4n) is 2.68. The third-order valence-corrected chi connectivity index (χ3v) is 4.11. The van der Waals surface area contributed by atoms with Crippen LogP contribution in [0.1, 0.15) is 25.3 Å². The Morgan fingerprint density at radius 3 is 2.48 bits per heavy atom. The molecule has 1 aliphatic rings. The number of hydrogen-bond donors (Lipinski definition) is 2. The monoisotopic (exact) mass is 490 g/mol. The first-order valence-electron chi connectivity index (χ1n) is 9.23. The Balaban J connectivity index is 0.00000364. The van der Waals surface area contributed by atoms with Gasteiger partial charge in [-0.15, -0.1) is 24.0 Å². The summed E-state index contributed by atoms with van der Waals surface area (Å²) in [6.07, 6.45) is 2.20. The van der Waals surface area contributed by atoms with Gasteiger partial charge in [0.2, 0.25) is 5.91 Å². The summed E-state index contributed by atoms with van der Waals surface area (Å²) in [5.74, 6) is 1.60. The number of guanidine groups is 1. The summed E-state index contributed by atoms with van der Waals surface area (Å²) in [5.41, 5.74) is 1.08. The number of carbonyl (C=O) groups excluding carboxylic acids is 1. The molecule has 7 nitrogen and oxygen atoms in total. The Morgan fingerprint density at radius 1 is 1.15 bits per heavy atom. The van der Waals surface area contributed by atoms with Gasteiger partial charge in [-0.25, -0.2) is 4.99 Å². The van der Waals surface area contributed by atoms with E-state index in [2.05, 4.69) is 15.6 Å². The van der Waals surface area contributed by atoms with Gasteiger partial charge in [0.1, 0.15) is 12.4 Å². The van der Waals surface area contributed by atoms with Crippen molar-refractivity contribution < 1.29 is 14.3 Å². The lowest BCUT2D eigenvalue weighted by molar-refractivity contribution is -0.128. The first-order chi connectivity index (χ1) is 12.7. The summed E-state index contributed by atoms with van der Waals surface area (Å²) < 4.78 is 10.5.